The van der Waals surface area contributed by atoms with Crippen molar-refractivity contribution in [1.29, 1.82) is 0 Å². The number of likely N-dealkylation sites (N-methyl/N-ethyl adjacent to an activating group) is 1. The zero-order valence-corrected chi connectivity index (χ0v) is 17.5. The third kappa shape index (κ3) is 3.33. The Labute approximate surface area is 176 Å². The minimum Gasteiger partial charge on any atom is -0.341 e. The zero-order chi connectivity index (χ0) is 20.8. The van der Waals surface area contributed by atoms with Crippen molar-refractivity contribution in [3.05, 3.63) is 70.6 Å². The van der Waals surface area contributed by atoms with Crippen LogP contribution in [-0.4, -0.2) is 54.0 Å². The van der Waals surface area contributed by atoms with Crippen LogP contribution in [0.25, 0.3) is 21.9 Å². The minimum atomic E-state index is 0.0670. The third-order valence-corrected chi connectivity index (χ3v) is 6.45. The molecule has 30 heavy (non-hydrogen) atoms. The van der Waals surface area contributed by atoms with Crippen molar-refractivity contribution in [1.82, 2.24) is 14.4 Å². The van der Waals surface area contributed by atoms with E-state index in [2.05, 4.69) is 36.4 Å². The van der Waals surface area contributed by atoms with Crippen LogP contribution in [0.1, 0.15) is 18.0 Å². The summed E-state index contributed by atoms with van der Waals surface area (Å²) in [5.41, 5.74) is 3.41. The first-order valence-corrected chi connectivity index (χ1v) is 10.6. The molecular formula is C25H27N3O2. The molecule has 0 saturated carbocycles. The molecule has 1 fully saturated rings. The molecule has 5 heteroatoms. The molecule has 2 aliphatic heterocycles. The first-order chi connectivity index (χ1) is 14.5. The van der Waals surface area contributed by atoms with Crippen LogP contribution >= 0.6 is 0 Å². The molecule has 0 radical (unpaired) electrons. The number of carbonyl (C=O) groups excluding carboxylic acids is 1. The highest BCUT2D eigenvalue weighted by molar-refractivity contribution is 5.87. The number of pyridine rings is 1. The number of rotatable bonds is 3. The van der Waals surface area contributed by atoms with Crippen molar-refractivity contribution in [2.24, 2.45) is 5.92 Å². The number of carbonyl (C=O) groups is 1. The minimum absolute atomic E-state index is 0.0670. The molecule has 154 valence electrons. The summed E-state index contributed by atoms with van der Waals surface area (Å²) >= 11 is 0. The van der Waals surface area contributed by atoms with Gasteiger partial charge in [-0.3, -0.25) is 9.59 Å². The molecule has 0 aliphatic carbocycles. The molecule has 5 rings (SSSR count). The fraction of sp³-hybridized carbons (Fsp3) is 0.360. The van der Waals surface area contributed by atoms with Crippen molar-refractivity contribution < 1.29 is 4.79 Å². The number of hydrogen-bond donors (Lipinski definition) is 0. The maximum Gasteiger partial charge on any atom is 0.250 e. The van der Waals surface area contributed by atoms with Gasteiger partial charge in [-0.05, 0) is 54.9 Å². The standard InChI is InChI=1S/C25H27N3O2/c1-26(2)16-24(30)27-13-17-11-21(15-27)25-22(9-10-23(29)28(25)14-17)20-8-7-18-5-3-4-6-19(18)12-20/h3-10,12,17,21H,11,13-16H2,1-2H3/t17-,21+/m0/s1. The van der Waals surface area contributed by atoms with Gasteiger partial charge in [0.25, 0.3) is 5.56 Å². The van der Waals surface area contributed by atoms with E-state index in [1.807, 2.05) is 40.6 Å². The van der Waals surface area contributed by atoms with Gasteiger partial charge in [0.15, 0.2) is 0 Å². The first kappa shape index (κ1) is 19.1. The fourth-order valence-electron chi connectivity index (χ4n) is 5.19. The van der Waals surface area contributed by atoms with Gasteiger partial charge in [-0.1, -0.05) is 36.4 Å². The van der Waals surface area contributed by atoms with Crippen LogP contribution < -0.4 is 5.56 Å². The maximum absolute atomic E-state index is 12.7. The molecule has 0 N–H and O–H groups in total. The van der Waals surface area contributed by atoms with Crippen molar-refractivity contribution >= 4 is 16.7 Å². The molecule has 3 aromatic rings. The molecule has 2 aromatic carbocycles. The molecule has 1 amide bonds. The molecule has 3 heterocycles. The molecule has 1 saturated heterocycles. The van der Waals surface area contributed by atoms with Crippen LogP contribution in [0.15, 0.2) is 59.4 Å². The largest absolute Gasteiger partial charge is 0.341 e. The Morgan fingerprint density at radius 2 is 1.80 bits per heavy atom. The number of hydrogen-bond acceptors (Lipinski definition) is 3. The quantitative estimate of drug-likeness (QED) is 0.677. The van der Waals surface area contributed by atoms with Gasteiger partial charge in [-0.15, -0.1) is 0 Å². The van der Waals surface area contributed by atoms with Gasteiger partial charge in [0, 0.05) is 42.9 Å². The van der Waals surface area contributed by atoms with Crippen LogP contribution in [0.5, 0.6) is 0 Å². The van der Waals surface area contributed by atoms with E-state index in [0.717, 1.165) is 29.8 Å². The van der Waals surface area contributed by atoms with Crippen molar-refractivity contribution in [2.45, 2.75) is 18.9 Å². The highest BCUT2D eigenvalue weighted by atomic mass is 16.2. The van der Waals surface area contributed by atoms with Gasteiger partial charge in [-0.2, -0.15) is 0 Å². The lowest BCUT2D eigenvalue weighted by Gasteiger charge is -2.43. The zero-order valence-electron chi connectivity index (χ0n) is 17.5. The van der Waals surface area contributed by atoms with Crippen molar-refractivity contribution in [3.63, 3.8) is 0 Å². The van der Waals surface area contributed by atoms with Crippen LogP contribution in [0.4, 0.5) is 0 Å². The smallest absolute Gasteiger partial charge is 0.250 e. The van der Waals surface area contributed by atoms with Crippen LogP contribution in [0, 0.1) is 5.92 Å². The van der Waals surface area contributed by atoms with Gasteiger partial charge < -0.3 is 14.4 Å². The lowest BCUT2D eigenvalue weighted by molar-refractivity contribution is -0.134. The Kier molecular flexibility index (Phi) is 4.70. The van der Waals surface area contributed by atoms with E-state index in [4.69, 9.17) is 0 Å². The SMILES string of the molecule is CN(C)CC(=O)N1C[C@@H]2C[C@H](C1)c1c(-c3ccc4ccccc4c3)ccc(=O)n1C2. The van der Waals surface area contributed by atoms with Crippen molar-refractivity contribution in [2.75, 3.05) is 33.7 Å². The summed E-state index contributed by atoms with van der Waals surface area (Å²) < 4.78 is 1.97. The number of likely N-dealkylation sites (tertiary alicyclic amines) is 1. The summed E-state index contributed by atoms with van der Waals surface area (Å²) in [6.45, 7) is 2.55. The monoisotopic (exact) mass is 401 g/mol. The lowest BCUT2D eigenvalue weighted by atomic mass is 9.80. The molecule has 2 aliphatic rings. The number of benzene rings is 2. The fourth-order valence-corrected chi connectivity index (χ4v) is 5.19. The van der Waals surface area contributed by atoms with E-state index in [0.29, 0.717) is 25.6 Å². The third-order valence-electron chi connectivity index (χ3n) is 6.45. The Bertz CT molecular complexity index is 1180. The Balaban J connectivity index is 1.58. The normalized spacial score (nSPS) is 20.4. The molecule has 2 bridgehead atoms. The van der Waals surface area contributed by atoms with Gasteiger partial charge >= 0.3 is 0 Å². The molecular weight excluding hydrogens is 374 g/mol. The number of piperidine rings is 1. The number of nitrogens with zero attached hydrogens (tertiary/aromatic N) is 3. The second-order valence-electron chi connectivity index (χ2n) is 8.98. The van der Waals surface area contributed by atoms with E-state index in [1.54, 1.807) is 6.07 Å². The molecule has 0 spiro atoms. The predicted octanol–water partition coefficient (Wildman–Crippen LogP) is 3.18. The van der Waals surface area contributed by atoms with Crippen LogP contribution in [-0.2, 0) is 11.3 Å². The predicted molar refractivity (Wildman–Crippen MR) is 120 cm³/mol. The van der Waals surface area contributed by atoms with Crippen molar-refractivity contribution in [3.8, 4) is 11.1 Å². The molecule has 0 unspecified atom stereocenters. The Hall–Kier alpha value is -2.92. The molecule has 5 nitrogen and oxygen atoms in total. The molecule has 2 atom stereocenters. The highest BCUT2D eigenvalue weighted by Crippen LogP contribution is 2.40. The summed E-state index contributed by atoms with van der Waals surface area (Å²) in [5.74, 6) is 0.708. The lowest BCUT2D eigenvalue weighted by Crippen LogP contribution is -2.51. The van der Waals surface area contributed by atoms with E-state index in [-0.39, 0.29) is 17.4 Å². The summed E-state index contributed by atoms with van der Waals surface area (Å²) in [4.78, 5) is 29.4. The average Bonchev–Trinajstić information content (AvgIpc) is 2.73. The summed E-state index contributed by atoms with van der Waals surface area (Å²) in [7, 11) is 3.85. The van der Waals surface area contributed by atoms with Gasteiger partial charge in [0.2, 0.25) is 5.91 Å². The average molecular weight is 402 g/mol. The molecule has 1 aromatic heterocycles. The van der Waals surface area contributed by atoms with Crippen LogP contribution in [0.2, 0.25) is 0 Å². The summed E-state index contributed by atoms with van der Waals surface area (Å²) in [6.07, 6.45) is 1.04. The topological polar surface area (TPSA) is 45.6 Å². The Morgan fingerprint density at radius 1 is 1.00 bits per heavy atom. The van der Waals surface area contributed by atoms with Crippen LogP contribution in [0.3, 0.4) is 0 Å². The van der Waals surface area contributed by atoms with Gasteiger partial charge in [-0.25, -0.2) is 0 Å². The van der Waals surface area contributed by atoms with E-state index in [1.165, 1.54) is 10.8 Å². The second kappa shape index (κ2) is 7.40. The number of amides is 1. The Morgan fingerprint density at radius 3 is 2.60 bits per heavy atom. The second-order valence-corrected chi connectivity index (χ2v) is 8.98. The first-order valence-electron chi connectivity index (χ1n) is 10.6. The highest BCUT2D eigenvalue weighted by Gasteiger charge is 2.37. The summed E-state index contributed by atoms with van der Waals surface area (Å²) in [5, 5.41) is 2.40. The summed E-state index contributed by atoms with van der Waals surface area (Å²) in [6, 6.07) is 18.5. The van der Waals surface area contributed by atoms with Gasteiger partial charge in [0.1, 0.15) is 0 Å². The van der Waals surface area contributed by atoms with Gasteiger partial charge in [0.05, 0.1) is 6.54 Å². The van der Waals surface area contributed by atoms with E-state index in [9.17, 15) is 9.59 Å². The van der Waals surface area contributed by atoms with E-state index >= 15 is 0 Å². The number of aromatic nitrogens is 1. The number of fused-ring (bicyclic) bond motifs is 5. The van der Waals surface area contributed by atoms with E-state index < -0.39 is 0 Å². The maximum atomic E-state index is 12.7.